The molecule has 0 radical (unpaired) electrons. The first-order valence-electron chi connectivity index (χ1n) is 12.8. The molecule has 3 heterocycles. The average molecular weight is 482 g/mol. The molecule has 184 valence electrons. The summed E-state index contributed by atoms with van der Waals surface area (Å²) < 4.78 is 6.20. The molecule has 2 aliphatic rings. The number of likely N-dealkylation sites (tertiary alicyclic amines) is 1. The van der Waals surface area contributed by atoms with Crippen molar-refractivity contribution in [1.29, 1.82) is 0 Å². The smallest absolute Gasteiger partial charge is 0.251 e. The lowest BCUT2D eigenvalue weighted by Gasteiger charge is -2.29. The Balaban J connectivity index is 1.20. The summed E-state index contributed by atoms with van der Waals surface area (Å²) in [6.45, 7) is 2.14. The summed E-state index contributed by atoms with van der Waals surface area (Å²) in [5, 5.41) is 11.8. The first kappa shape index (κ1) is 22.7. The number of carbonyl (C=O) groups is 1. The van der Waals surface area contributed by atoms with Gasteiger partial charge in [0, 0.05) is 35.8 Å². The fraction of sp³-hybridized carbons (Fsp3) is 0.345. The summed E-state index contributed by atoms with van der Waals surface area (Å²) >= 11 is 0. The summed E-state index contributed by atoms with van der Waals surface area (Å²) in [6.07, 6.45) is 6.38. The highest BCUT2D eigenvalue weighted by Gasteiger charge is 2.34. The van der Waals surface area contributed by atoms with Gasteiger partial charge < -0.3 is 15.0 Å². The van der Waals surface area contributed by atoms with E-state index >= 15 is 0 Å². The molecule has 1 amide bonds. The number of ether oxygens (including phenoxy) is 1. The van der Waals surface area contributed by atoms with Crippen LogP contribution < -0.4 is 10.1 Å². The minimum absolute atomic E-state index is 0.0599. The minimum Gasteiger partial charge on any atom is -0.490 e. The van der Waals surface area contributed by atoms with Crippen LogP contribution in [0.1, 0.15) is 47.8 Å². The number of nitrogens with zero attached hydrogens (tertiary/aromatic N) is 3. The van der Waals surface area contributed by atoms with Gasteiger partial charge >= 0.3 is 0 Å². The van der Waals surface area contributed by atoms with E-state index in [9.17, 15) is 4.79 Å². The monoisotopic (exact) mass is 481 g/mol. The third-order valence-electron chi connectivity index (χ3n) is 7.31. The molecule has 2 aromatic carbocycles. The Labute approximate surface area is 210 Å². The first-order chi connectivity index (χ1) is 17.6. The van der Waals surface area contributed by atoms with Crippen LogP contribution in [0, 0.1) is 5.92 Å². The number of amides is 1. The predicted octanol–water partition coefficient (Wildman–Crippen LogP) is 4.98. The first-order valence-corrected chi connectivity index (χ1v) is 12.8. The molecule has 2 fully saturated rings. The number of nitrogens with one attached hydrogen (secondary N) is 2. The maximum atomic E-state index is 13.2. The van der Waals surface area contributed by atoms with E-state index in [1.165, 1.54) is 0 Å². The third kappa shape index (κ3) is 4.84. The zero-order valence-corrected chi connectivity index (χ0v) is 20.5. The summed E-state index contributed by atoms with van der Waals surface area (Å²) in [6, 6.07) is 19.6. The fourth-order valence-corrected chi connectivity index (χ4v) is 5.01. The Bertz CT molecular complexity index is 1340. The molecule has 1 aliphatic heterocycles. The second-order valence-corrected chi connectivity index (χ2v) is 10.0. The van der Waals surface area contributed by atoms with Gasteiger partial charge in [0.15, 0.2) is 0 Å². The van der Waals surface area contributed by atoms with Crippen LogP contribution in [0.25, 0.3) is 22.2 Å². The second-order valence-electron chi connectivity index (χ2n) is 10.0. The number of aromatic nitrogens is 3. The van der Waals surface area contributed by atoms with Crippen LogP contribution in [0.5, 0.6) is 5.75 Å². The van der Waals surface area contributed by atoms with Gasteiger partial charge in [-0.15, -0.1) is 0 Å². The van der Waals surface area contributed by atoms with Crippen molar-refractivity contribution in [3.63, 3.8) is 0 Å². The standard InChI is InChI=1S/C29H31N5O2/c1-34-16-13-23(14-17-34)36-22-10-7-19(8-11-22)27-24-18-21(9-12-25(24)32-33-27)29(35)31-28(20-5-6-20)26-4-2-3-15-30-26/h2-4,7-12,15,18,20,23,28H,5-6,13-14,16-17H2,1H3,(H,31,35)(H,32,33)/t28-/m0/s1. The maximum absolute atomic E-state index is 13.2. The molecule has 1 atom stereocenters. The number of H-pyrrole nitrogens is 1. The quantitative estimate of drug-likeness (QED) is 0.389. The summed E-state index contributed by atoms with van der Waals surface area (Å²) in [7, 11) is 2.15. The zero-order chi connectivity index (χ0) is 24.5. The maximum Gasteiger partial charge on any atom is 0.251 e. The number of aromatic amines is 1. The van der Waals surface area contributed by atoms with Crippen molar-refractivity contribution in [2.75, 3.05) is 20.1 Å². The molecule has 0 spiro atoms. The molecule has 1 saturated heterocycles. The lowest BCUT2D eigenvalue weighted by molar-refractivity contribution is 0.0931. The topological polar surface area (TPSA) is 83.1 Å². The molecule has 7 heteroatoms. The lowest BCUT2D eigenvalue weighted by Crippen LogP contribution is -2.35. The van der Waals surface area contributed by atoms with Crippen molar-refractivity contribution in [2.24, 2.45) is 5.92 Å². The number of hydrogen-bond acceptors (Lipinski definition) is 5. The Hall–Kier alpha value is -3.71. The van der Waals surface area contributed by atoms with Gasteiger partial charge in [0.05, 0.1) is 22.9 Å². The fourth-order valence-electron chi connectivity index (χ4n) is 5.01. The van der Waals surface area contributed by atoms with Crippen molar-refractivity contribution >= 4 is 16.8 Å². The molecule has 6 rings (SSSR count). The highest BCUT2D eigenvalue weighted by molar-refractivity contribution is 6.01. The van der Waals surface area contributed by atoms with E-state index in [1.807, 2.05) is 60.7 Å². The van der Waals surface area contributed by atoms with Gasteiger partial charge in [-0.25, -0.2) is 0 Å². The average Bonchev–Trinajstić information content (AvgIpc) is 3.67. The van der Waals surface area contributed by atoms with E-state index in [4.69, 9.17) is 4.74 Å². The number of benzene rings is 2. The van der Waals surface area contributed by atoms with E-state index in [-0.39, 0.29) is 18.1 Å². The van der Waals surface area contributed by atoms with Gasteiger partial charge in [0.1, 0.15) is 11.9 Å². The van der Waals surface area contributed by atoms with E-state index in [1.54, 1.807) is 6.20 Å². The van der Waals surface area contributed by atoms with Crippen LogP contribution in [-0.2, 0) is 0 Å². The predicted molar refractivity (Wildman–Crippen MR) is 140 cm³/mol. The largest absolute Gasteiger partial charge is 0.490 e. The van der Waals surface area contributed by atoms with Crippen molar-refractivity contribution in [1.82, 2.24) is 25.4 Å². The van der Waals surface area contributed by atoms with Gasteiger partial charge in [-0.05, 0) is 93.2 Å². The van der Waals surface area contributed by atoms with Crippen LogP contribution in [0.4, 0.5) is 0 Å². The molecule has 2 N–H and O–H groups in total. The Morgan fingerprint density at radius 1 is 1.06 bits per heavy atom. The van der Waals surface area contributed by atoms with Crippen LogP contribution in [0.15, 0.2) is 66.9 Å². The second kappa shape index (κ2) is 9.74. The van der Waals surface area contributed by atoms with Crippen molar-refractivity contribution in [3.05, 3.63) is 78.1 Å². The van der Waals surface area contributed by atoms with Crippen molar-refractivity contribution in [3.8, 4) is 17.0 Å². The Kier molecular flexibility index (Phi) is 6.15. The lowest BCUT2D eigenvalue weighted by atomic mass is 10.0. The molecular formula is C29H31N5O2. The van der Waals surface area contributed by atoms with Gasteiger partial charge in [-0.3, -0.25) is 14.9 Å². The zero-order valence-electron chi connectivity index (χ0n) is 20.5. The molecule has 1 aliphatic carbocycles. The van der Waals surface area contributed by atoms with E-state index in [0.29, 0.717) is 11.5 Å². The summed E-state index contributed by atoms with van der Waals surface area (Å²) in [4.78, 5) is 20.1. The highest BCUT2D eigenvalue weighted by atomic mass is 16.5. The Morgan fingerprint density at radius 3 is 2.58 bits per heavy atom. The number of piperidine rings is 1. The molecule has 0 unspecified atom stereocenters. The highest BCUT2D eigenvalue weighted by Crippen LogP contribution is 2.40. The van der Waals surface area contributed by atoms with Gasteiger partial charge in [-0.2, -0.15) is 5.10 Å². The molecule has 1 saturated carbocycles. The summed E-state index contributed by atoms with van der Waals surface area (Å²) in [5.41, 5.74) is 4.25. The van der Waals surface area contributed by atoms with Gasteiger partial charge in [0.2, 0.25) is 0 Å². The van der Waals surface area contributed by atoms with E-state index in [2.05, 4.69) is 32.4 Å². The molecule has 4 aromatic rings. The van der Waals surface area contributed by atoms with Gasteiger partial charge in [-0.1, -0.05) is 6.07 Å². The SMILES string of the molecule is CN1CCC(Oc2ccc(-c3n[nH]c4ccc(C(=O)N[C@H](c5ccccn5)C5CC5)cc34)cc2)CC1. The number of carbonyl (C=O) groups excluding carboxylic acids is 1. The molecule has 2 aromatic heterocycles. The van der Waals surface area contributed by atoms with E-state index < -0.39 is 0 Å². The van der Waals surface area contributed by atoms with Crippen LogP contribution in [-0.4, -0.2) is 52.2 Å². The number of rotatable bonds is 7. The van der Waals surface area contributed by atoms with E-state index in [0.717, 1.165) is 72.4 Å². The van der Waals surface area contributed by atoms with Crippen molar-refractivity contribution in [2.45, 2.75) is 37.8 Å². The molecule has 0 bridgehead atoms. The van der Waals surface area contributed by atoms with Crippen LogP contribution >= 0.6 is 0 Å². The number of fused-ring (bicyclic) bond motifs is 1. The van der Waals surface area contributed by atoms with Crippen molar-refractivity contribution < 1.29 is 9.53 Å². The Morgan fingerprint density at radius 2 is 1.86 bits per heavy atom. The van der Waals surface area contributed by atoms with Crippen LogP contribution in [0.2, 0.25) is 0 Å². The number of hydrogen-bond donors (Lipinski definition) is 2. The molecular weight excluding hydrogens is 450 g/mol. The summed E-state index contributed by atoms with van der Waals surface area (Å²) in [5.74, 6) is 1.25. The minimum atomic E-state index is -0.0894. The normalized spacial score (nSPS) is 17.7. The third-order valence-corrected chi connectivity index (χ3v) is 7.31. The van der Waals surface area contributed by atoms with Crippen LogP contribution in [0.3, 0.4) is 0 Å². The number of pyridine rings is 1. The molecule has 7 nitrogen and oxygen atoms in total. The van der Waals surface area contributed by atoms with Gasteiger partial charge in [0.25, 0.3) is 5.91 Å². The molecule has 36 heavy (non-hydrogen) atoms.